The lowest BCUT2D eigenvalue weighted by molar-refractivity contribution is 0.586. The summed E-state index contributed by atoms with van der Waals surface area (Å²) in [6.45, 7) is 0. The Balaban J connectivity index is 2.22. The van der Waals surface area contributed by atoms with E-state index in [1.807, 2.05) is 0 Å². The summed E-state index contributed by atoms with van der Waals surface area (Å²) < 4.78 is 37.7. The van der Waals surface area contributed by atoms with E-state index in [2.05, 4.69) is 0 Å². The van der Waals surface area contributed by atoms with E-state index in [1.54, 1.807) is 18.2 Å². The van der Waals surface area contributed by atoms with Crippen molar-refractivity contribution in [1.29, 1.82) is 0 Å². The van der Waals surface area contributed by atoms with E-state index in [9.17, 15) is 12.8 Å². The zero-order valence-electron chi connectivity index (χ0n) is 10.3. The van der Waals surface area contributed by atoms with E-state index in [1.165, 1.54) is 24.3 Å². The molecule has 0 radical (unpaired) electrons. The third-order valence-corrected chi connectivity index (χ3v) is 4.81. The number of halogens is 3. The molecule has 2 nitrogen and oxygen atoms in total. The maximum absolute atomic E-state index is 13.5. The van der Waals surface area contributed by atoms with Crippen molar-refractivity contribution in [3.8, 4) is 0 Å². The van der Waals surface area contributed by atoms with E-state index in [0.29, 0.717) is 10.6 Å². The highest BCUT2D eigenvalue weighted by Crippen LogP contribution is 2.24. The summed E-state index contributed by atoms with van der Waals surface area (Å²) in [7, 11) is -3.51. The Kier molecular flexibility index (Phi) is 4.68. The minimum absolute atomic E-state index is 0.151. The van der Waals surface area contributed by atoms with E-state index in [4.69, 9.17) is 23.2 Å². The monoisotopic (exact) mass is 332 g/mol. The first-order valence-corrected chi connectivity index (χ1v) is 8.33. The highest BCUT2D eigenvalue weighted by atomic mass is 35.5. The topological polar surface area (TPSA) is 34.1 Å². The molecule has 0 aromatic heterocycles. The molecular weight excluding hydrogens is 322 g/mol. The van der Waals surface area contributed by atoms with Gasteiger partial charge in [0.2, 0.25) is 0 Å². The molecule has 0 bridgehead atoms. The number of rotatable bonds is 4. The van der Waals surface area contributed by atoms with Crippen LogP contribution in [0.4, 0.5) is 4.39 Å². The normalized spacial score (nSPS) is 11.6. The molecule has 0 N–H and O–H groups in total. The Hall–Kier alpha value is -1.10. The largest absolute Gasteiger partial charge is 0.228 e. The van der Waals surface area contributed by atoms with Crippen LogP contribution in [0.25, 0.3) is 0 Å². The van der Waals surface area contributed by atoms with Crippen LogP contribution in [0.3, 0.4) is 0 Å². The fourth-order valence-electron chi connectivity index (χ4n) is 1.78. The van der Waals surface area contributed by atoms with Crippen LogP contribution < -0.4 is 0 Å². The second kappa shape index (κ2) is 6.12. The first kappa shape index (κ1) is 15.3. The second-order valence-corrected chi connectivity index (χ2v) is 7.27. The molecule has 0 aliphatic rings. The van der Waals surface area contributed by atoms with E-state index in [-0.39, 0.29) is 22.1 Å². The molecule has 0 saturated carbocycles. The van der Waals surface area contributed by atoms with Gasteiger partial charge in [-0.2, -0.15) is 0 Å². The Morgan fingerprint density at radius 1 is 0.950 bits per heavy atom. The van der Waals surface area contributed by atoms with Crippen LogP contribution in [-0.2, 0) is 21.3 Å². The fraction of sp³-hybridized carbons (Fsp3) is 0.143. The van der Waals surface area contributed by atoms with Crippen LogP contribution >= 0.6 is 23.2 Å². The number of benzene rings is 2. The number of hydrogen-bond acceptors (Lipinski definition) is 2. The molecule has 2 aromatic rings. The van der Waals surface area contributed by atoms with E-state index >= 15 is 0 Å². The van der Waals surface area contributed by atoms with Gasteiger partial charge in [-0.25, -0.2) is 12.8 Å². The second-order valence-electron chi connectivity index (χ2n) is 4.36. The number of hydrogen-bond donors (Lipinski definition) is 0. The van der Waals surface area contributed by atoms with Gasteiger partial charge < -0.3 is 0 Å². The average molecular weight is 333 g/mol. The molecule has 106 valence electrons. The molecule has 0 heterocycles. The summed E-state index contributed by atoms with van der Waals surface area (Å²) in [5, 5.41) is 0.722. The highest BCUT2D eigenvalue weighted by Gasteiger charge is 2.17. The molecule has 0 amide bonds. The summed E-state index contributed by atoms with van der Waals surface area (Å²) in [5.41, 5.74) is 0.602. The van der Waals surface area contributed by atoms with Gasteiger partial charge in [-0.15, -0.1) is 0 Å². The van der Waals surface area contributed by atoms with Gasteiger partial charge in [0.05, 0.1) is 11.5 Å². The predicted molar refractivity (Wildman–Crippen MR) is 79.2 cm³/mol. The molecule has 0 aliphatic carbocycles. The third-order valence-electron chi connectivity index (χ3n) is 2.72. The molecule has 2 rings (SSSR count). The number of sulfone groups is 1. The molecule has 0 unspecified atom stereocenters. The van der Waals surface area contributed by atoms with Gasteiger partial charge in [0.15, 0.2) is 9.84 Å². The van der Waals surface area contributed by atoms with Gasteiger partial charge in [-0.1, -0.05) is 47.5 Å². The molecule has 2 aromatic carbocycles. The third kappa shape index (κ3) is 3.95. The van der Waals surface area contributed by atoms with Crippen molar-refractivity contribution >= 4 is 33.0 Å². The minimum Gasteiger partial charge on any atom is -0.228 e. The Bertz CT molecular complexity index is 730. The van der Waals surface area contributed by atoms with Crippen molar-refractivity contribution in [3.05, 3.63) is 69.5 Å². The molecule has 6 heteroatoms. The maximum atomic E-state index is 13.5. The molecular formula is C14H11Cl2FO2S. The lowest BCUT2D eigenvalue weighted by Crippen LogP contribution is -2.09. The van der Waals surface area contributed by atoms with Gasteiger partial charge >= 0.3 is 0 Å². The molecule has 20 heavy (non-hydrogen) atoms. The zero-order valence-corrected chi connectivity index (χ0v) is 12.6. The molecule has 0 spiro atoms. The van der Waals surface area contributed by atoms with Crippen molar-refractivity contribution in [2.45, 2.75) is 11.5 Å². The lowest BCUT2D eigenvalue weighted by atomic mass is 10.2. The zero-order chi connectivity index (χ0) is 14.8. The standard InChI is InChI=1S/C14H11Cl2FO2S/c15-12-6-5-10(13(16)7-12)8-20(18,19)9-11-3-1-2-4-14(11)17/h1-7H,8-9H2. The highest BCUT2D eigenvalue weighted by molar-refractivity contribution is 7.89. The summed E-state index contributed by atoms with van der Waals surface area (Å²) >= 11 is 11.7. The summed E-state index contributed by atoms with van der Waals surface area (Å²) in [5.74, 6) is -1.14. The van der Waals surface area contributed by atoms with E-state index in [0.717, 1.165) is 0 Å². The van der Waals surface area contributed by atoms with Gasteiger partial charge in [0, 0.05) is 15.6 Å². The SMILES string of the molecule is O=S(=O)(Cc1ccccc1F)Cc1ccc(Cl)cc1Cl. The summed E-state index contributed by atoms with van der Waals surface area (Å²) in [6, 6.07) is 10.4. The van der Waals surface area contributed by atoms with Crippen LogP contribution in [0.15, 0.2) is 42.5 Å². The van der Waals surface area contributed by atoms with Crippen molar-refractivity contribution in [2.24, 2.45) is 0 Å². The first-order valence-electron chi connectivity index (χ1n) is 5.75. The predicted octanol–water partition coefficient (Wildman–Crippen LogP) is 4.25. The first-order chi connectivity index (χ1) is 9.37. The van der Waals surface area contributed by atoms with Gasteiger partial charge in [0.1, 0.15) is 5.82 Å². The van der Waals surface area contributed by atoms with Crippen LogP contribution in [-0.4, -0.2) is 8.42 Å². The summed E-state index contributed by atoms with van der Waals surface area (Å²) in [4.78, 5) is 0. The van der Waals surface area contributed by atoms with Crippen molar-refractivity contribution in [2.75, 3.05) is 0 Å². The molecule has 0 atom stereocenters. The van der Waals surface area contributed by atoms with Gasteiger partial charge in [-0.3, -0.25) is 0 Å². The molecule has 0 saturated heterocycles. The Labute approximate surface area is 127 Å². The smallest absolute Gasteiger partial charge is 0.158 e. The maximum Gasteiger partial charge on any atom is 0.158 e. The summed E-state index contributed by atoms with van der Waals surface area (Å²) in [6.07, 6.45) is 0. The van der Waals surface area contributed by atoms with E-state index < -0.39 is 15.7 Å². The van der Waals surface area contributed by atoms with Crippen molar-refractivity contribution in [1.82, 2.24) is 0 Å². The van der Waals surface area contributed by atoms with Crippen LogP contribution in [0, 0.1) is 5.82 Å². The molecule has 0 aliphatic heterocycles. The van der Waals surface area contributed by atoms with Crippen molar-refractivity contribution in [3.63, 3.8) is 0 Å². The quantitative estimate of drug-likeness (QED) is 0.838. The van der Waals surface area contributed by atoms with Crippen LogP contribution in [0.5, 0.6) is 0 Å². The van der Waals surface area contributed by atoms with Gasteiger partial charge in [-0.05, 0) is 23.8 Å². The van der Waals surface area contributed by atoms with Crippen LogP contribution in [0.2, 0.25) is 10.0 Å². The average Bonchev–Trinajstić information content (AvgIpc) is 2.35. The fourth-order valence-corrected chi connectivity index (χ4v) is 3.87. The van der Waals surface area contributed by atoms with Crippen molar-refractivity contribution < 1.29 is 12.8 Å². The lowest BCUT2D eigenvalue weighted by Gasteiger charge is -2.07. The minimum atomic E-state index is -3.51. The molecule has 0 fully saturated rings. The van der Waals surface area contributed by atoms with Crippen LogP contribution in [0.1, 0.15) is 11.1 Å². The Morgan fingerprint density at radius 3 is 2.25 bits per heavy atom. The Morgan fingerprint density at radius 2 is 1.60 bits per heavy atom. The van der Waals surface area contributed by atoms with Gasteiger partial charge in [0.25, 0.3) is 0 Å².